The van der Waals surface area contributed by atoms with Crippen molar-refractivity contribution in [3.63, 3.8) is 0 Å². The van der Waals surface area contributed by atoms with Crippen molar-refractivity contribution in [1.82, 2.24) is 5.32 Å². The normalized spacial score (nSPS) is 12.4. The van der Waals surface area contributed by atoms with E-state index in [2.05, 4.69) is 26.1 Å². The Kier molecular flexibility index (Phi) is 8.91. The van der Waals surface area contributed by atoms with Gasteiger partial charge in [-0.15, -0.1) is 0 Å². The standard InChI is InChI=1S/C18H31NO2/c1-5-19-16(14-15(3)4)10-9-13-21-18-12-8-7-11-17(18)20-6-2/h7-8,11-12,15-16,19H,5-6,9-10,13-14H2,1-4H3. The summed E-state index contributed by atoms with van der Waals surface area (Å²) >= 11 is 0. The van der Waals surface area contributed by atoms with Crippen LogP contribution in [-0.2, 0) is 0 Å². The molecule has 0 fully saturated rings. The van der Waals surface area contributed by atoms with Crippen molar-refractivity contribution < 1.29 is 9.47 Å². The first-order valence-corrected chi connectivity index (χ1v) is 8.25. The Morgan fingerprint density at radius 2 is 1.71 bits per heavy atom. The summed E-state index contributed by atoms with van der Waals surface area (Å²) in [4.78, 5) is 0. The molecule has 0 aromatic heterocycles. The first-order chi connectivity index (χ1) is 10.2. The zero-order chi connectivity index (χ0) is 15.5. The fourth-order valence-electron chi connectivity index (χ4n) is 2.52. The number of ether oxygens (including phenoxy) is 2. The number of hydrogen-bond acceptors (Lipinski definition) is 3. The van der Waals surface area contributed by atoms with E-state index in [1.165, 1.54) is 6.42 Å². The average Bonchev–Trinajstić information content (AvgIpc) is 2.45. The highest BCUT2D eigenvalue weighted by molar-refractivity contribution is 5.39. The quantitative estimate of drug-likeness (QED) is 0.618. The fourth-order valence-corrected chi connectivity index (χ4v) is 2.52. The maximum absolute atomic E-state index is 5.87. The molecule has 0 heterocycles. The molecular weight excluding hydrogens is 262 g/mol. The van der Waals surface area contributed by atoms with E-state index in [1.807, 2.05) is 31.2 Å². The van der Waals surface area contributed by atoms with Crippen molar-refractivity contribution >= 4 is 0 Å². The molecule has 120 valence electrons. The van der Waals surface area contributed by atoms with E-state index in [0.717, 1.165) is 43.4 Å². The zero-order valence-electron chi connectivity index (χ0n) is 14.0. The average molecular weight is 293 g/mol. The molecule has 0 saturated carbocycles. The Labute approximate surface area is 130 Å². The lowest BCUT2D eigenvalue weighted by atomic mass is 10.00. The molecule has 21 heavy (non-hydrogen) atoms. The van der Waals surface area contributed by atoms with E-state index in [9.17, 15) is 0 Å². The predicted octanol–water partition coefficient (Wildman–Crippen LogP) is 4.27. The second-order valence-electron chi connectivity index (χ2n) is 5.75. The van der Waals surface area contributed by atoms with Gasteiger partial charge in [-0.3, -0.25) is 0 Å². The van der Waals surface area contributed by atoms with Gasteiger partial charge in [0.2, 0.25) is 0 Å². The summed E-state index contributed by atoms with van der Waals surface area (Å²) < 4.78 is 11.4. The number of nitrogens with one attached hydrogen (secondary N) is 1. The summed E-state index contributed by atoms with van der Waals surface area (Å²) in [7, 11) is 0. The smallest absolute Gasteiger partial charge is 0.161 e. The second kappa shape index (κ2) is 10.5. The van der Waals surface area contributed by atoms with Crippen molar-refractivity contribution in [2.45, 2.75) is 53.0 Å². The van der Waals surface area contributed by atoms with Crippen LogP contribution in [0.1, 0.15) is 47.0 Å². The van der Waals surface area contributed by atoms with Gasteiger partial charge in [0, 0.05) is 6.04 Å². The third-order valence-electron chi connectivity index (χ3n) is 3.35. The van der Waals surface area contributed by atoms with Crippen molar-refractivity contribution in [3.05, 3.63) is 24.3 Å². The highest BCUT2D eigenvalue weighted by Gasteiger charge is 2.10. The van der Waals surface area contributed by atoms with Crippen LogP contribution in [-0.4, -0.2) is 25.8 Å². The molecule has 0 saturated heterocycles. The van der Waals surface area contributed by atoms with Crippen molar-refractivity contribution in [2.24, 2.45) is 5.92 Å². The highest BCUT2D eigenvalue weighted by Crippen LogP contribution is 2.26. The molecule has 0 bridgehead atoms. The number of rotatable bonds is 11. The fraction of sp³-hybridized carbons (Fsp3) is 0.667. The lowest BCUT2D eigenvalue weighted by Crippen LogP contribution is -2.30. The molecule has 3 heteroatoms. The summed E-state index contributed by atoms with van der Waals surface area (Å²) in [6, 6.07) is 8.49. The van der Waals surface area contributed by atoms with Gasteiger partial charge in [-0.25, -0.2) is 0 Å². The molecule has 1 aromatic carbocycles. The molecule has 1 atom stereocenters. The van der Waals surface area contributed by atoms with Gasteiger partial charge in [0.25, 0.3) is 0 Å². The van der Waals surface area contributed by atoms with E-state index in [0.29, 0.717) is 12.6 Å². The van der Waals surface area contributed by atoms with Crippen LogP contribution in [0.25, 0.3) is 0 Å². The van der Waals surface area contributed by atoms with Crippen LogP contribution in [0.5, 0.6) is 11.5 Å². The number of benzene rings is 1. The predicted molar refractivity (Wildman–Crippen MR) is 89.3 cm³/mol. The summed E-state index contributed by atoms with van der Waals surface area (Å²) in [5.41, 5.74) is 0. The minimum Gasteiger partial charge on any atom is -0.490 e. The van der Waals surface area contributed by atoms with Crippen LogP contribution in [0.3, 0.4) is 0 Å². The van der Waals surface area contributed by atoms with Crippen LogP contribution in [0.4, 0.5) is 0 Å². The Hall–Kier alpha value is -1.22. The zero-order valence-corrected chi connectivity index (χ0v) is 14.0. The monoisotopic (exact) mass is 293 g/mol. The van der Waals surface area contributed by atoms with Crippen molar-refractivity contribution in [3.8, 4) is 11.5 Å². The minimum atomic E-state index is 0.598. The Balaban J connectivity index is 2.35. The van der Waals surface area contributed by atoms with E-state index in [1.54, 1.807) is 0 Å². The summed E-state index contributed by atoms with van der Waals surface area (Å²) in [5, 5.41) is 3.56. The molecule has 0 amide bonds. The van der Waals surface area contributed by atoms with Gasteiger partial charge < -0.3 is 14.8 Å². The van der Waals surface area contributed by atoms with Crippen LogP contribution >= 0.6 is 0 Å². The summed E-state index contributed by atoms with van der Waals surface area (Å²) in [6.07, 6.45) is 3.44. The molecule has 1 rings (SSSR count). The molecule has 0 spiro atoms. The van der Waals surface area contributed by atoms with Gasteiger partial charge in [0.05, 0.1) is 13.2 Å². The topological polar surface area (TPSA) is 30.5 Å². The second-order valence-corrected chi connectivity index (χ2v) is 5.75. The van der Waals surface area contributed by atoms with E-state index >= 15 is 0 Å². The molecular formula is C18H31NO2. The first-order valence-electron chi connectivity index (χ1n) is 8.25. The maximum atomic E-state index is 5.87. The van der Waals surface area contributed by atoms with Gasteiger partial charge in [-0.1, -0.05) is 32.9 Å². The Morgan fingerprint density at radius 1 is 1.05 bits per heavy atom. The summed E-state index contributed by atoms with van der Waals surface area (Å²) in [6.45, 7) is 11.1. The number of para-hydroxylation sites is 2. The SMILES string of the molecule is CCNC(CCCOc1ccccc1OCC)CC(C)C. The van der Waals surface area contributed by atoms with Gasteiger partial charge in [-0.05, 0) is 50.8 Å². The van der Waals surface area contributed by atoms with E-state index in [-0.39, 0.29) is 0 Å². The van der Waals surface area contributed by atoms with Gasteiger partial charge >= 0.3 is 0 Å². The Bertz CT molecular complexity index is 379. The maximum Gasteiger partial charge on any atom is 0.161 e. The molecule has 0 radical (unpaired) electrons. The summed E-state index contributed by atoms with van der Waals surface area (Å²) in [5.74, 6) is 2.42. The van der Waals surface area contributed by atoms with E-state index < -0.39 is 0 Å². The molecule has 1 aromatic rings. The van der Waals surface area contributed by atoms with Crippen LogP contribution in [0.2, 0.25) is 0 Å². The minimum absolute atomic E-state index is 0.598. The highest BCUT2D eigenvalue weighted by atomic mass is 16.5. The molecule has 1 unspecified atom stereocenters. The van der Waals surface area contributed by atoms with Gasteiger partial charge in [-0.2, -0.15) is 0 Å². The first kappa shape index (κ1) is 17.8. The molecule has 3 nitrogen and oxygen atoms in total. The van der Waals surface area contributed by atoms with Crippen molar-refractivity contribution in [2.75, 3.05) is 19.8 Å². The van der Waals surface area contributed by atoms with E-state index in [4.69, 9.17) is 9.47 Å². The van der Waals surface area contributed by atoms with Crippen LogP contribution in [0.15, 0.2) is 24.3 Å². The lowest BCUT2D eigenvalue weighted by Gasteiger charge is -2.20. The molecule has 0 aliphatic rings. The van der Waals surface area contributed by atoms with Gasteiger partial charge in [0.15, 0.2) is 11.5 Å². The van der Waals surface area contributed by atoms with Crippen molar-refractivity contribution in [1.29, 1.82) is 0 Å². The molecule has 0 aliphatic carbocycles. The third-order valence-corrected chi connectivity index (χ3v) is 3.35. The number of hydrogen-bond donors (Lipinski definition) is 1. The van der Waals surface area contributed by atoms with Crippen LogP contribution < -0.4 is 14.8 Å². The Morgan fingerprint density at radius 3 is 2.29 bits per heavy atom. The van der Waals surface area contributed by atoms with Crippen LogP contribution in [0, 0.1) is 5.92 Å². The largest absolute Gasteiger partial charge is 0.490 e. The molecule has 0 aliphatic heterocycles. The molecule has 1 N–H and O–H groups in total. The lowest BCUT2D eigenvalue weighted by molar-refractivity contribution is 0.263. The van der Waals surface area contributed by atoms with Gasteiger partial charge in [0.1, 0.15) is 0 Å². The third kappa shape index (κ3) is 7.37.